The molecule has 20 heavy (non-hydrogen) atoms. The Balaban J connectivity index is 1.65. The lowest BCUT2D eigenvalue weighted by Crippen LogP contribution is -2.55. The minimum atomic E-state index is 0.619. The molecule has 0 spiro atoms. The zero-order valence-electron chi connectivity index (χ0n) is 12.4. The van der Waals surface area contributed by atoms with E-state index in [-0.39, 0.29) is 0 Å². The molecule has 1 aromatic carbocycles. The summed E-state index contributed by atoms with van der Waals surface area (Å²) in [5.41, 5.74) is 1.17. The summed E-state index contributed by atoms with van der Waals surface area (Å²) in [6.45, 7) is 4.60. The Bertz CT molecular complexity index is 456. The zero-order chi connectivity index (χ0) is 13.9. The molecule has 4 heteroatoms. The van der Waals surface area contributed by atoms with Gasteiger partial charge in [0.05, 0.1) is 14.2 Å². The number of methoxy groups -OCH3 is 2. The number of benzene rings is 1. The molecule has 0 amide bonds. The van der Waals surface area contributed by atoms with Crippen molar-refractivity contribution >= 4 is 0 Å². The summed E-state index contributed by atoms with van der Waals surface area (Å²) in [6.07, 6.45) is 2.68. The van der Waals surface area contributed by atoms with E-state index in [2.05, 4.69) is 16.3 Å². The number of ether oxygens (including phenoxy) is 2. The van der Waals surface area contributed by atoms with Crippen molar-refractivity contribution in [1.29, 1.82) is 0 Å². The number of hydrogen-bond donors (Lipinski definition) is 1. The lowest BCUT2D eigenvalue weighted by atomic mass is 9.84. The molecule has 4 rings (SSSR count). The summed E-state index contributed by atoms with van der Waals surface area (Å²) >= 11 is 0. The van der Waals surface area contributed by atoms with Crippen LogP contribution in [0.1, 0.15) is 18.4 Å². The van der Waals surface area contributed by atoms with E-state index < -0.39 is 0 Å². The summed E-state index contributed by atoms with van der Waals surface area (Å²) in [5.74, 6) is 2.66. The lowest BCUT2D eigenvalue weighted by Gasteiger charge is -2.45. The Hall–Kier alpha value is -1.26. The second kappa shape index (κ2) is 6.02. The van der Waals surface area contributed by atoms with Crippen molar-refractivity contribution in [3.63, 3.8) is 0 Å². The van der Waals surface area contributed by atoms with Gasteiger partial charge in [-0.2, -0.15) is 0 Å². The van der Waals surface area contributed by atoms with Crippen LogP contribution in [0.3, 0.4) is 0 Å². The predicted octanol–water partition coefficient (Wildman–Crippen LogP) is 1.89. The third-order valence-electron chi connectivity index (χ3n) is 4.70. The molecule has 0 aliphatic carbocycles. The van der Waals surface area contributed by atoms with Crippen LogP contribution in [0.25, 0.3) is 0 Å². The third kappa shape index (κ3) is 2.76. The van der Waals surface area contributed by atoms with Crippen LogP contribution in [0.5, 0.6) is 11.5 Å². The highest BCUT2D eigenvalue weighted by atomic mass is 16.5. The molecule has 3 heterocycles. The van der Waals surface area contributed by atoms with Gasteiger partial charge in [0.2, 0.25) is 0 Å². The van der Waals surface area contributed by atoms with Gasteiger partial charge in [0, 0.05) is 24.7 Å². The normalized spacial score (nSPS) is 28.4. The summed E-state index contributed by atoms with van der Waals surface area (Å²) in [4.78, 5) is 2.57. The fourth-order valence-corrected chi connectivity index (χ4v) is 3.46. The maximum Gasteiger partial charge on any atom is 0.123 e. The number of nitrogens with one attached hydrogen (secondary N) is 1. The monoisotopic (exact) mass is 276 g/mol. The first kappa shape index (κ1) is 13.7. The molecular formula is C16H24N2O2. The van der Waals surface area contributed by atoms with Crippen molar-refractivity contribution in [2.45, 2.75) is 25.4 Å². The number of nitrogens with zero attached hydrogens (tertiary/aromatic N) is 1. The third-order valence-corrected chi connectivity index (χ3v) is 4.70. The van der Waals surface area contributed by atoms with Crippen LogP contribution >= 0.6 is 0 Å². The zero-order valence-corrected chi connectivity index (χ0v) is 12.4. The van der Waals surface area contributed by atoms with Crippen LogP contribution in [0.2, 0.25) is 0 Å². The molecule has 1 aromatic rings. The van der Waals surface area contributed by atoms with E-state index in [1.807, 2.05) is 12.1 Å². The summed E-state index contributed by atoms with van der Waals surface area (Å²) in [6, 6.07) is 6.60. The van der Waals surface area contributed by atoms with Gasteiger partial charge in [0.15, 0.2) is 0 Å². The van der Waals surface area contributed by atoms with Gasteiger partial charge in [0.25, 0.3) is 0 Å². The Kier molecular flexibility index (Phi) is 4.13. The highest BCUT2D eigenvalue weighted by molar-refractivity contribution is 5.40. The first-order valence-electron chi connectivity index (χ1n) is 7.47. The molecular weight excluding hydrogens is 252 g/mol. The van der Waals surface area contributed by atoms with Crippen molar-refractivity contribution in [2.24, 2.45) is 5.92 Å². The van der Waals surface area contributed by atoms with Crippen LogP contribution < -0.4 is 14.8 Å². The van der Waals surface area contributed by atoms with E-state index in [1.54, 1.807) is 14.2 Å². The summed E-state index contributed by atoms with van der Waals surface area (Å²) in [7, 11) is 3.42. The average molecular weight is 276 g/mol. The largest absolute Gasteiger partial charge is 0.497 e. The maximum atomic E-state index is 5.44. The Morgan fingerprint density at radius 2 is 2.00 bits per heavy atom. The summed E-state index contributed by atoms with van der Waals surface area (Å²) in [5, 5.41) is 3.72. The van der Waals surface area contributed by atoms with Crippen LogP contribution in [-0.2, 0) is 6.54 Å². The van der Waals surface area contributed by atoms with Crippen molar-refractivity contribution in [3.05, 3.63) is 23.8 Å². The van der Waals surface area contributed by atoms with E-state index in [0.717, 1.165) is 24.0 Å². The molecule has 0 aromatic heterocycles. The topological polar surface area (TPSA) is 33.7 Å². The fourth-order valence-electron chi connectivity index (χ4n) is 3.46. The van der Waals surface area contributed by atoms with Crippen molar-refractivity contribution in [2.75, 3.05) is 33.9 Å². The maximum absolute atomic E-state index is 5.44. The van der Waals surface area contributed by atoms with Crippen LogP contribution in [0.4, 0.5) is 0 Å². The number of hydrogen-bond acceptors (Lipinski definition) is 4. The SMILES string of the molecule is COc1ccc(OC)c(CNC2CN3CCC2CC3)c1. The van der Waals surface area contributed by atoms with Gasteiger partial charge < -0.3 is 19.7 Å². The van der Waals surface area contributed by atoms with Crippen molar-refractivity contribution in [3.8, 4) is 11.5 Å². The molecule has 0 saturated carbocycles. The van der Waals surface area contributed by atoms with Crippen molar-refractivity contribution in [1.82, 2.24) is 10.2 Å². The van der Waals surface area contributed by atoms with Gasteiger partial charge in [-0.05, 0) is 50.0 Å². The Labute approximate surface area is 121 Å². The second-order valence-corrected chi connectivity index (χ2v) is 5.80. The molecule has 1 N–H and O–H groups in total. The molecule has 4 nitrogen and oxygen atoms in total. The minimum absolute atomic E-state index is 0.619. The quantitative estimate of drug-likeness (QED) is 0.890. The highest BCUT2D eigenvalue weighted by Crippen LogP contribution is 2.29. The smallest absolute Gasteiger partial charge is 0.123 e. The predicted molar refractivity (Wildman–Crippen MR) is 79.3 cm³/mol. The minimum Gasteiger partial charge on any atom is -0.497 e. The molecule has 3 aliphatic rings. The van der Waals surface area contributed by atoms with Gasteiger partial charge >= 0.3 is 0 Å². The van der Waals surface area contributed by atoms with Gasteiger partial charge in [-0.15, -0.1) is 0 Å². The fraction of sp³-hybridized carbons (Fsp3) is 0.625. The van der Waals surface area contributed by atoms with E-state index in [9.17, 15) is 0 Å². The molecule has 1 atom stereocenters. The number of piperidine rings is 3. The molecule has 2 bridgehead atoms. The number of fused-ring (bicyclic) bond motifs is 3. The van der Waals surface area contributed by atoms with Gasteiger partial charge in [0.1, 0.15) is 11.5 Å². The average Bonchev–Trinajstić information content (AvgIpc) is 2.53. The highest BCUT2D eigenvalue weighted by Gasteiger charge is 2.33. The second-order valence-electron chi connectivity index (χ2n) is 5.80. The van der Waals surface area contributed by atoms with Crippen LogP contribution in [0.15, 0.2) is 18.2 Å². The Morgan fingerprint density at radius 3 is 2.60 bits per heavy atom. The van der Waals surface area contributed by atoms with E-state index in [4.69, 9.17) is 9.47 Å². The van der Waals surface area contributed by atoms with Crippen molar-refractivity contribution < 1.29 is 9.47 Å². The summed E-state index contributed by atoms with van der Waals surface area (Å²) < 4.78 is 10.7. The van der Waals surface area contributed by atoms with Crippen LogP contribution in [0, 0.1) is 5.92 Å². The molecule has 3 aliphatic heterocycles. The molecule has 0 radical (unpaired) electrons. The first-order chi connectivity index (χ1) is 9.80. The van der Waals surface area contributed by atoms with E-state index in [0.29, 0.717) is 6.04 Å². The van der Waals surface area contributed by atoms with E-state index in [1.165, 1.54) is 38.0 Å². The van der Waals surface area contributed by atoms with Gasteiger partial charge in [-0.3, -0.25) is 0 Å². The standard InChI is InChI=1S/C16H24N2O2/c1-19-14-3-4-16(20-2)13(9-14)10-17-15-11-18-7-5-12(15)6-8-18/h3-4,9,12,15,17H,5-8,10-11H2,1-2H3. The van der Waals surface area contributed by atoms with Gasteiger partial charge in [-0.1, -0.05) is 0 Å². The molecule has 3 fully saturated rings. The Morgan fingerprint density at radius 1 is 1.20 bits per heavy atom. The van der Waals surface area contributed by atoms with Gasteiger partial charge in [-0.25, -0.2) is 0 Å². The molecule has 3 saturated heterocycles. The van der Waals surface area contributed by atoms with E-state index >= 15 is 0 Å². The molecule has 1 unspecified atom stereocenters. The molecule has 110 valence electrons. The lowest BCUT2D eigenvalue weighted by molar-refractivity contribution is 0.0719. The van der Waals surface area contributed by atoms with Crippen LogP contribution in [-0.4, -0.2) is 44.8 Å². The number of rotatable bonds is 5. The first-order valence-corrected chi connectivity index (χ1v) is 7.47.